The Morgan fingerprint density at radius 1 is 1.48 bits per heavy atom. The summed E-state index contributed by atoms with van der Waals surface area (Å²) >= 11 is 1.65. The molecule has 0 aliphatic carbocycles. The predicted octanol–water partition coefficient (Wildman–Crippen LogP) is 1.61. The van der Waals surface area contributed by atoms with E-state index in [-0.39, 0.29) is 12.1 Å². The number of nitrogens with zero attached hydrogens (tertiary/aromatic N) is 3. The van der Waals surface area contributed by atoms with E-state index in [0.717, 1.165) is 42.7 Å². The zero-order valence-corrected chi connectivity index (χ0v) is 12.3. The monoisotopic (exact) mass is 304 g/mol. The minimum absolute atomic E-state index is 0.0655. The Morgan fingerprint density at radius 3 is 3.29 bits per heavy atom. The second-order valence-corrected chi connectivity index (χ2v) is 6.31. The maximum Gasteiger partial charge on any atom is 0.317 e. The van der Waals surface area contributed by atoms with Crippen LogP contribution in [0.3, 0.4) is 0 Å². The summed E-state index contributed by atoms with van der Waals surface area (Å²) in [6, 6.07) is 4.38. The molecule has 2 aliphatic rings. The van der Waals surface area contributed by atoms with E-state index in [2.05, 4.69) is 15.2 Å². The summed E-state index contributed by atoms with van der Waals surface area (Å²) in [5, 5.41) is 4.92. The molecule has 2 amide bonds. The van der Waals surface area contributed by atoms with Crippen LogP contribution < -0.4 is 5.32 Å². The van der Waals surface area contributed by atoms with Crippen molar-refractivity contribution in [1.29, 1.82) is 0 Å². The molecule has 0 aromatic carbocycles. The molecule has 110 valence electrons. The molecule has 0 radical (unpaired) electrons. The topological polar surface area (TPSA) is 61.6 Å². The molecule has 2 aromatic heterocycles. The highest BCUT2D eigenvalue weighted by Crippen LogP contribution is 2.26. The second-order valence-electron chi connectivity index (χ2n) is 5.36. The normalized spacial score (nSPS) is 22.4. The van der Waals surface area contributed by atoms with E-state index in [0.29, 0.717) is 6.54 Å². The summed E-state index contributed by atoms with van der Waals surface area (Å²) in [6.07, 6.45) is 1.79. The van der Waals surface area contributed by atoms with Crippen LogP contribution in [0, 0.1) is 0 Å². The molecule has 1 N–H and O–H groups in total. The minimum atomic E-state index is 0.0655. The molecule has 2 aliphatic heterocycles. The van der Waals surface area contributed by atoms with Crippen LogP contribution in [0.1, 0.15) is 5.89 Å². The Hall–Kier alpha value is -1.86. The van der Waals surface area contributed by atoms with Gasteiger partial charge in [0.05, 0.1) is 23.7 Å². The van der Waals surface area contributed by atoms with Crippen molar-refractivity contribution in [3.63, 3.8) is 0 Å². The van der Waals surface area contributed by atoms with Crippen molar-refractivity contribution in [3.05, 3.63) is 29.6 Å². The summed E-state index contributed by atoms with van der Waals surface area (Å²) in [7, 11) is 0. The van der Waals surface area contributed by atoms with Gasteiger partial charge in [0.1, 0.15) is 0 Å². The van der Waals surface area contributed by atoms with E-state index in [1.54, 1.807) is 17.5 Å². The zero-order chi connectivity index (χ0) is 14.2. The van der Waals surface area contributed by atoms with Crippen LogP contribution in [0.25, 0.3) is 10.6 Å². The van der Waals surface area contributed by atoms with Gasteiger partial charge in [0.15, 0.2) is 5.76 Å². The van der Waals surface area contributed by atoms with Crippen LogP contribution in [-0.2, 0) is 6.54 Å². The third-order valence-electron chi connectivity index (χ3n) is 3.99. The summed E-state index contributed by atoms with van der Waals surface area (Å²) in [5.74, 6) is 1.57. The lowest BCUT2D eigenvalue weighted by Gasteiger charge is -2.35. The number of oxazole rings is 1. The first-order valence-electron chi connectivity index (χ1n) is 7.05. The molecule has 6 nitrogen and oxygen atoms in total. The smallest absolute Gasteiger partial charge is 0.317 e. The van der Waals surface area contributed by atoms with Gasteiger partial charge in [-0.1, -0.05) is 6.07 Å². The number of fused-ring (bicyclic) bond motifs is 1. The number of thiophene rings is 1. The van der Waals surface area contributed by atoms with Crippen molar-refractivity contribution < 1.29 is 9.21 Å². The van der Waals surface area contributed by atoms with Gasteiger partial charge < -0.3 is 14.6 Å². The van der Waals surface area contributed by atoms with E-state index < -0.39 is 0 Å². The fraction of sp³-hybridized carbons (Fsp3) is 0.429. The van der Waals surface area contributed by atoms with E-state index in [4.69, 9.17) is 4.42 Å². The van der Waals surface area contributed by atoms with Gasteiger partial charge in [-0.3, -0.25) is 4.90 Å². The molecule has 2 aromatic rings. The Balaban J connectivity index is 1.42. The third-order valence-corrected chi connectivity index (χ3v) is 4.88. The fourth-order valence-corrected chi connectivity index (χ4v) is 3.59. The molecule has 4 heterocycles. The van der Waals surface area contributed by atoms with Crippen molar-refractivity contribution in [2.75, 3.05) is 26.2 Å². The van der Waals surface area contributed by atoms with Crippen molar-refractivity contribution in [2.24, 2.45) is 0 Å². The highest BCUT2D eigenvalue weighted by atomic mass is 32.1. The number of rotatable bonds is 3. The van der Waals surface area contributed by atoms with Gasteiger partial charge >= 0.3 is 6.03 Å². The SMILES string of the molecule is O=C1NCC2CN(Cc3ncc(-c4cccs4)o3)CCN12. The maximum atomic E-state index is 11.6. The Bertz CT molecular complexity index is 639. The molecule has 4 rings (SSSR count). The Morgan fingerprint density at radius 2 is 2.43 bits per heavy atom. The molecule has 2 saturated heterocycles. The van der Waals surface area contributed by atoms with Crippen molar-refractivity contribution in [2.45, 2.75) is 12.6 Å². The molecule has 1 atom stereocenters. The zero-order valence-electron chi connectivity index (χ0n) is 11.5. The van der Waals surface area contributed by atoms with Gasteiger partial charge in [0, 0.05) is 26.2 Å². The lowest BCUT2D eigenvalue weighted by molar-refractivity contribution is 0.110. The van der Waals surface area contributed by atoms with E-state index in [9.17, 15) is 4.79 Å². The van der Waals surface area contributed by atoms with Crippen LogP contribution >= 0.6 is 11.3 Å². The molecule has 0 bridgehead atoms. The first-order chi connectivity index (χ1) is 10.3. The lowest BCUT2D eigenvalue weighted by Crippen LogP contribution is -2.51. The summed E-state index contributed by atoms with van der Waals surface area (Å²) in [5.41, 5.74) is 0. The maximum absolute atomic E-state index is 11.6. The largest absolute Gasteiger partial charge is 0.438 e. The van der Waals surface area contributed by atoms with E-state index >= 15 is 0 Å². The Labute approximate surface area is 126 Å². The molecule has 7 heteroatoms. The van der Waals surface area contributed by atoms with Crippen LogP contribution in [0.15, 0.2) is 28.1 Å². The molecule has 0 spiro atoms. The number of nitrogens with one attached hydrogen (secondary N) is 1. The number of urea groups is 1. The van der Waals surface area contributed by atoms with Gasteiger partial charge in [-0.25, -0.2) is 9.78 Å². The van der Waals surface area contributed by atoms with Gasteiger partial charge in [0.25, 0.3) is 0 Å². The summed E-state index contributed by atoms with van der Waals surface area (Å²) in [6.45, 7) is 3.94. The number of hydrogen-bond acceptors (Lipinski definition) is 5. The Kier molecular flexibility index (Phi) is 3.16. The van der Waals surface area contributed by atoms with Gasteiger partial charge in [-0.2, -0.15) is 0 Å². The number of hydrogen-bond donors (Lipinski definition) is 1. The van der Waals surface area contributed by atoms with Crippen molar-refractivity contribution in [1.82, 2.24) is 20.1 Å². The van der Waals surface area contributed by atoms with Crippen LogP contribution in [0.4, 0.5) is 4.79 Å². The fourth-order valence-electron chi connectivity index (χ4n) is 2.92. The average molecular weight is 304 g/mol. The first kappa shape index (κ1) is 12.8. The highest BCUT2D eigenvalue weighted by Gasteiger charge is 2.35. The second kappa shape index (κ2) is 5.16. The number of aromatic nitrogens is 1. The number of carbonyl (C=O) groups is 1. The van der Waals surface area contributed by atoms with E-state index in [1.807, 2.05) is 22.4 Å². The summed E-state index contributed by atoms with van der Waals surface area (Å²) in [4.78, 5) is 21.3. The van der Waals surface area contributed by atoms with E-state index in [1.165, 1.54) is 0 Å². The standard InChI is InChI=1S/C14H16N4O2S/c19-14-16-6-10-8-17(3-4-18(10)14)9-13-15-7-11(20-13)12-2-1-5-21-12/h1-2,5,7,10H,3-4,6,8-9H2,(H,16,19). The molecular weight excluding hydrogens is 288 g/mol. The quantitative estimate of drug-likeness (QED) is 0.936. The lowest BCUT2D eigenvalue weighted by atomic mass is 10.2. The summed E-state index contributed by atoms with van der Waals surface area (Å²) < 4.78 is 5.82. The molecule has 21 heavy (non-hydrogen) atoms. The molecule has 1 unspecified atom stereocenters. The van der Waals surface area contributed by atoms with Crippen molar-refractivity contribution >= 4 is 17.4 Å². The molecule has 2 fully saturated rings. The molecular formula is C14H16N4O2S. The van der Waals surface area contributed by atoms with Gasteiger partial charge in [-0.15, -0.1) is 11.3 Å². The minimum Gasteiger partial charge on any atom is -0.438 e. The third kappa shape index (κ3) is 2.43. The van der Waals surface area contributed by atoms with Crippen LogP contribution in [0.2, 0.25) is 0 Å². The number of amides is 2. The number of carbonyl (C=O) groups excluding carboxylic acids is 1. The first-order valence-corrected chi connectivity index (χ1v) is 7.93. The van der Waals surface area contributed by atoms with Crippen molar-refractivity contribution in [3.8, 4) is 10.6 Å². The highest BCUT2D eigenvalue weighted by molar-refractivity contribution is 7.13. The predicted molar refractivity (Wildman–Crippen MR) is 79.0 cm³/mol. The van der Waals surface area contributed by atoms with Gasteiger partial charge in [0.2, 0.25) is 5.89 Å². The molecule has 0 saturated carbocycles. The number of piperazine rings is 1. The van der Waals surface area contributed by atoms with Gasteiger partial charge in [-0.05, 0) is 11.4 Å². The van der Waals surface area contributed by atoms with Crippen LogP contribution in [-0.4, -0.2) is 53.0 Å². The average Bonchev–Trinajstić information content (AvgIpc) is 3.20. The van der Waals surface area contributed by atoms with Crippen LogP contribution in [0.5, 0.6) is 0 Å².